The third-order valence-electron chi connectivity index (χ3n) is 6.89. The minimum Gasteiger partial charge on any atom is -0.383 e. The van der Waals surface area contributed by atoms with Gasteiger partial charge < -0.3 is 20.7 Å². The first-order valence-corrected chi connectivity index (χ1v) is 12.7. The molecule has 36 heavy (non-hydrogen) atoms. The Bertz CT molecular complexity index is 1290. The van der Waals surface area contributed by atoms with Gasteiger partial charge in [-0.15, -0.1) is 0 Å². The van der Waals surface area contributed by atoms with Gasteiger partial charge >= 0.3 is 0 Å². The van der Waals surface area contributed by atoms with E-state index in [2.05, 4.69) is 49.0 Å². The number of benzene rings is 2. The molecule has 5 rings (SSSR count). The van der Waals surface area contributed by atoms with Crippen molar-refractivity contribution in [1.29, 1.82) is 0 Å². The number of halogens is 2. The lowest BCUT2D eigenvalue weighted by molar-refractivity contribution is 0.0964. The zero-order chi connectivity index (χ0) is 25.2. The fraction of sp³-hybridized carbons (Fsp3) is 0.346. The van der Waals surface area contributed by atoms with Crippen LogP contribution in [-0.4, -0.2) is 54.1 Å². The van der Waals surface area contributed by atoms with Crippen molar-refractivity contribution in [3.05, 3.63) is 69.3 Å². The van der Waals surface area contributed by atoms with Crippen molar-refractivity contribution in [2.24, 2.45) is 0 Å². The molecule has 10 heteroatoms. The number of fused-ring (bicyclic) bond motifs is 4. The van der Waals surface area contributed by atoms with Crippen LogP contribution in [0.5, 0.6) is 0 Å². The van der Waals surface area contributed by atoms with Crippen LogP contribution >= 0.6 is 23.2 Å². The predicted molar refractivity (Wildman–Crippen MR) is 143 cm³/mol. The highest BCUT2D eigenvalue weighted by Gasteiger charge is 2.39. The summed E-state index contributed by atoms with van der Waals surface area (Å²) >= 11 is 12.8. The molecule has 2 aliphatic heterocycles. The number of carbonyl (C=O) groups is 1. The summed E-state index contributed by atoms with van der Waals surface area (Å²) in [7, 11) is 3.32. The number of para-hydroxylation sites is 1. The van der Waals surface area contributed by atoms with E-state index in [-0.39, 0.29) is 5.91 Å². The predicted octanol–water partition coefficient (Wildman–Crippen LogP) is 5.34. The third kappa shape index (κ3) is 4.86. The fourth-order valence-electron chi connectivity index (χ4n) is 5.19. The van der Waals surface area contributed by atoms with Crippen LogP contribution in [-0.2, 0) is 11.2 Å². The number of methoxy groups -OCH3 is 1. The van der Waals surface area contributed by atoms with Gasteiger partial charge in [-0.3, -0.25) is 9.69 Å². The Morgan fingerprint density at radius 3 is 2.83 bits per heavy atom. The molecular formula is C26H28Cl2N6O2. The van der Waals surface area contributed by atoms with Crippen molar-refractivity contribution in [1.82, 2.24) is 20.2 Å². The average Bonchev–Trinajstić information content (AvgIpc) is 3.18. The summed E-state index contributed by atoms with van der Waals surface area (Å²) in [5.41, 5.74) is 4.47. The highest BCUT2D eigenvalue weighted by Crippen LogP contribution is 2.44. The number of hydrogen-bond donors (Lipinski definition) is 3. The Labute approximate surface area is 220 Å². The molecule has 0 aliphatic carbocycles. The van der Waals surface area contributed by atoms with Crippen LogP contribution in [0, 0.1) is 0 Å². The van der Waals surface area contributed by atoms with Gasteiger partial charge in [-0.2, -0.15) is 4.98 Å². The quantitative estimate of drug-likeness (QED) is 0.364. The molecule has 8 nitrogen and oxygen atoms in total. The maximum Gasteiger partial charge on any atom is 0.253 e. The molecule has 2 atom stereocenters. The van der Waals surface area contributed by atoms with Crippen LogP contribution in [0.1, 0.15) is 40.4 Å². The van der Waals surface area contributed by atoms with Crippen molar-refractivity contribution < 1.29 is 9.53 Å². The average molecular weight is 527 g/mol. The van der Waals surface area contributed by atoms with E-state index in [1.807, 2.05) is 0 Å². The van der Waals surface area contributed by atoms with Crippen molar-refractivity contribution in [2.45, 2.75) is 31.3 Å². The topological polar surface area (TPSA) is 91.4 Å². The van der Waals surface area contributed by atoms with Crippen molar-refractivity contribution in [2.75, 3.05) is 37.9 Å². The number of rotatable bonds is 8. The molecule has 3 N–H and O–H groups in total. The number of carbonyl (C=O) groups excluding carboxylic acids is 1. The SMILES string of the molecule is CNC(=O)c1cccc(Cl)c1Nc1nc(Nc2ccc3c(c2)C2CCC(C3)N2CCOC)ncc1Cl. The first-order valence-electron chi connectivity index (χ1n) is 11.9. The standard InChI is InChI=1S/C26H28Cl2N6O2/c1-29-25(35)18-4-3-5-20(27)23(18)32-24-21(28)14-30-26(33-24)31-16-7-6-15-12-17-8-9-22(19(15)13-16)34(17)10-11-36-2/h3-7,13-14,17,22H,8-12H2,1-2H3,(H,29,35)(H2,30,31,32,33). The van der Waals surface area contributed by atoms with Crippen LogP contribution in [0.15, 0.2) is 42.6 Å². The van der Waals surface area contributed by atoms with E-state index in [0.717, 1.165) is 31.7 Å². The summed E-state index contributed by atoms with van der Waals surface area (Å²) in [6.45, 7) is 1.68. The first-order chi connectivity index (χ1) is 17.5. The number of hydrogen-bond acceptors (Lipinski definition) is 7. The second-order valence-electron chi connectivity index (χ2n) is 8.98. The Morgan fingerprint density at radius 1 is 1.17 bits per heavy atom. The second-order valence-corrected chi connectivity index (χ2v) is 9.79. The lowest BCUT2D eigenvalue weighted by Gasteiger charge is -2.36. The number of amides is 1. The normalized spacial score (nSPS) is 18.6. The van der Waals surface area contributed by atoms with Gasteiger partial charge in [0.15, 0.2) is 5.82 Å². The van der Waals surface area contributed by atoms with Crippen molar-refractivity contribution in [3.63, 3.8) is 0 Å². The number of nitrogens with zero attached hydrogens (tertiary/aromatic N) is 3. The number of nitrogens with one attached hydrogen (secondary N) is 3. The molecule has 1 amide bonds. The van der Waals surface area contributed by atoms with E-state index < -0.39 is 0 Å². The lowest BCUT2D eigenvalue weighted by atomic mass is 9.92. The molecule has 2 aromatic carbocycles. The number of ether oxygens (including phenoxy) is 1. The van der Waals surface area contributed by atoms with E-state index in [1.165, 1.54) is 23.7 Å². The fourth-order valence-corrected chi connectivity index (χ4v) is 5.55. The van der Waals surface area contributed by atoms with Crippen molar-refractivity contribution >= 4 is 52.3 Å². The van der Waals surface area contributed by atoms with E-state index in [9.17, 15) is 4.79 Å². The molecule has 2 unspecified atom stereocenters. The smallest absolute Gasteiger partial charge is 0.253 e. The van der Waals surface area contributed by atoms with Gasteiger partial charge in [0.2, 0.25) is 5.95 Å². The van der Waals surface area contributed by atoms with Gasteiger partial charge in [0, 0.05) is 38.5 Å². The van der Waals surface area contributed by atoms with Gasteiger partial charge in [-0.1, -0.05) is 35.3 Å². The summed E-state index contributed by atoms with van der Waals surface area (Å²) in [5.74, 6) is 0.452. The monoisotopic (exact) mass is 526 g/mol. The summed E-state index contributed by atoms with van der Waals surface area (Å²) in [6, 6.07) is 12.5. The van der Waals surface area contributed by atoms with Crippen molar-refractivity contribution in [3.8, 4) is 0 Å². The van der Waals surface area contributed by atoms with E-state index in [4.69, 9.17) is 27.9 Å². The molecule has 1 saturated heterocycles. The summed E-state index contributed by atoms with van der Waals surface area (Å²) in [4.78, 5) is 23.8. The maximum atomic E-state index is 12.3. The summed E-state index contributed by atoms with van der Waals surface area (Å²) in [6.07, 6.45) is 4.94. The molecule has 0 saturated carbocycles. The van der Waals surface area contributed by atoms with Crippen LogP contribution in [0.4, 0.5) is 23.1 Å². The Hall–Kier alpha value is -2.91. The molecule has 188 valence electrons. The highest BCUT2D eigenvalue weighted by atomic mass is 35.5. The summed E-state index contributed by atoms with van der Waals surface area (Å²) in [5, 5.41) is 9.72. The van der Waals surface area contributed by atoms with Gasteiger partial charge in [0.25, 0.3) is 5.91 Å². The second kappa shape index (κ2) is 10.6. The molecule has 1 aromatic heterocycles. The zero-order valence-electron chi connectivity index (χ0n) is 20.1. The van der Waals surface area contributed by atoms with E-state index in [0.29, 0.717) is 45.1 Å². The number of aromatic nitrogens is 2. The van der Waals surface area contributed by atoms with Crippen LogP contribution < -0.4 is 16.0 Å². The Kier molecular flexibility index (Phi) is 7.29. The van der Waals surface area contributed by atoms with Gasteiger partial charge in [-0.25, -0.2) is 4.98 Å². The minimum atomic E-state index is -0.272. The Morgan fingerprint density at radius 2 is 2.03 bits per heavy atom. The van der Waals surface area contributed by atoms with Gasteiger partial charge in [0.05, 0.1) is 29.1 Å². The molecule has 0 spiro atoms. The van der Waals surface area contributed by atoms with Gasteiger partial charge in [-0.05, 0) is 54.7 Å². The van der Waals surface area contributed by atoms with Crippen LogP contribution in [0.3, 0.4) is 0 Å². The lowest BCUT2D eigenvalue weighted by Crippen LogP contribution is -2.39. The molecule has 1 fully saturated rings. The maximum absolute atomic E-state index is 12.3. The summed E-state index contributed by atoms with van der Waals surface area (Å²) < 4.78 is 5.34. The van der Waals surface area contributed by atoms with Crippen LogP contribution in [0.2, 0.25) is 10.0 Å². The molecule has 0 radical (unpaired) electrons. The van der Waals surface area contributed by atoms with E-state index in [1.54, 1.807) is 32.4 Å². The largest absolute Gasteiger partial charge is 0.383 e. The van der Waals surface area contributed by atoms with Crippen LogP contribution in [0.25, 0.3) is 0 Å². The van der Waals surface area contributed by atoms with E-state index >= 15 is 0 Å². The Balaban J connectivity index is 1.39. The molecule has 2 bridgehead atoms. The molecule has 3 heterocycles. The molecule has 2 aliphatic rings. The third-order valence-corrected chi connectivity index (χ3v) is 7.48. The molecular weight excluding hydrogens is 499 g/mol. The zero-order valence-corrected chi connectivity index (χ0v) is 21.7. The van der Waals surface area contributed by atoms with Gasteiger partial charge in [0.1, 0.15) is 5.02 Å². The first kappa shape index (κ1) is 24.8. The minimum absolute atomic E-state index is 0.272. The highest BCUT2D eigenvalue weighted by molar-refractivity contribution is 6.35. The molecule has 3 aromatic rings. The number of anilines is 4.